The van der Waals surface area contributed by atoms with E-state index in [-0.39, 0.29) is 11.6 Å². The molecule has 1 aromatic heterocycles. The molecule has 1 amide bonds. The lowest BCUT2D eigenvalue weighted by molar-refractivity contribution is -0.114. The second-order valence-corrected chi connectivity index (χ2v) is 4.50. The predicted octanol–water partition coefficient (Wildman–Crippen LogP) is 1.30. The van der Waals surface area contributed by atoms with Crippen molar-refractivity contribution in [2.75, 3.05) is 14.2 Å². The fourth-order valence-corrected chi connectivity index (χ4v) is 2.05. The number of nitrogens with two attached hydrogens (primary N) is 1. The number of likely N-dealkylation sites (N-methyl/N-ethyl adjacent to an activating group) is 1. The van der Waals surface area contributed by atoms with Crippen molar-refractivity contribution < 1.29 is 9.63 Å². The Hall–Kier alpha value is -2.73. The number of nitrogens with zero attached hydrogens (tertiary/aromatic N) is 2. The minimum atomic E-state index is -0.338. The van der Waals surface area contributed by atoms with E-state index >= 15 is 0 Å². The maximum atomic E-state index is 12.0. The summed E-state index contributed by atoms with van der Waals surface area (Å²) >= 11 is 0. The van der Waals surface area contributed by atoms with Gasteiger partial charge in [-0.05, 0) is 17.7 Å². The molecule has 1 aromatic carbocycles. The number of hydrogen-bond acceptors (Lipinski definition) is 5. The summed E-state index contributed by atoms with van der Waals surface area (Å²) in [5.41, 5.74) is 8.95. The molecule has 0 saturated heterocycles. The standard InChI is InChI=1S/C16H18N4O2/c1-18-16(21)15(20-22-2)13-4-3-9-19-14(13)12-7-5-11(10-17)6-8-12/h3-9H,10,17H2,1-2H3,(H,18,21). The molecule has 3 N–H and O–H groups in total. The highest BCUT2D eigenvalue weighted by atomic mass is 16.6. The molecule has 2 rings (SSSR count). The van der Waals surface area contributed by atoms with Gasteiger partial charge in [-0.3, -0.25) is 9.78 Å². The van der Waals surface area contributed by atoms with Crippen molar-refractivity contribution in [1.29, 1.82) is 0 Å². The van der Waals surface area contributed by atoms with E-state index in [4.69, 9.17) is 10.6 Å². The SMILES string of the molecule is CNC(=O)C(=NOC)c1cccnc1-c1ccc(CN)cc1. The van der Waals surface area contributed by atoms with Gasteiger partial charge in [-0.25, -0.2) is 0 Å². The van der Waals surface area contributed by atoms with Crippen molar-refractivity contribution in [3.63, 3.8) is 0 Å². The Balaban J connectivity index is 2.53. The molecule has 114 valence electrons. The first-order valence-electron chi connectivity index (χ1n) is 6.79. The summed E-state index contributed by atoms with van der Waals surface area (Å²) in [6.07, 6.45) is 1.67. The summed E-state index contributed by atoms with van der Waals surface area (Å²) in [7, 11) is 2.94. The first kappa shape index (κ1) is 15.7. The van der Waals surface area contributed by atoms with Gasteiger partial charge in [0.15, 0.2) is 5.71 Å². The lowest BCUT2D eigenvalue weighted by Gasteiger charge is -2.10. The first-order chi connectivity index (χ1) is 10.7. The second-order valence-electron chi connectivity index (χ2n) is 4.50. The van der Waals surface area contributed by atoms with Gasteiger partial charge in [0, 0.05) is 30.9 Å². The molecule has 0 aliphatic heterocycles. The molecule has 0 atom stereocenters. The molecule has 0 aliphatic carbocycles. The molecule has 22 heavy (non-hydrogen) atoms. The summed E-state index contributed by atoms with van der Waals surface area (Å²) in [5, 5.41) is 6.38. The van der Waals surface area contributed by atoms with Gasteiger partial charge in [0.2, 0.25) is 0 Å². The Morgan fingerprint density at radius 1 is 1.32 bits per heavy atom. The third-order valence-electron chi connectivity index (χ3n) is 3.15. The van der Waals surface area contributed by atoms with Gasteiger partial charge in [-0.15, -0.1) is 0 Å². The van der Waals surface area contributed by atoms with Gasteiger partial charge in [0.25, 0.3) is 5.91 Å². The highest BCUT2D eigenvalue weighted by Gasteiger charge is 2.19. The summed E-state index contributed by atoms with van der Waals surface area (Å²) in [5.74, 6) is -0.338. The summed E-state index contributed by atoms with van der Waals surface area (Å²) in [6, 6.07) is 11.2. The van der Waals surface area contributed by atoms with Crippen LogP contribution in [0.15, 0.2) is 47.8 Å². The van der Waals surface area contributed by atoms with Crippen LogP contribution in [0.5, 0.6) is 0 Å². The molecule has 6 nitrogen and oxygen atoms in total. The normalized spacial score (nSPS) is 11.1. The molecule has 0 bridgehead atoms. The van der Waals surface area contributed by atoms with Crippen molar-refractivity contribution in [2.45, 2.75) is 6.54 Å². The van der Waals surface area contributed by atoms with Crippen LogP contribution in [-0.4, -0.2) is 30.8 Å². The van der Waals surface area contributed by atoms with E-state index in [1.54, 1.807) is 25.4 Å². The summed E-state index contributed by atoms with van der Waals surface area (Å²) in [4.78, 5) is 21.2. The number of amides is 1. The van der Waals surface area contributed by atoms with Crippen molar-refractivity contribution in [2.24, 2.45) is 10.9 Å². The molecule has 0 saturated carbocycles. The first-order valence-corrected chi connectivity index (χ1v) is 6.79. The second kappa shape index (κ2) is 7.33. The van der Waals surface area contributed by atoms with Crippen LogP contribution in [0.3, 0.4) is 0 Å². The maximum Gasteiger partial charge on any atom is 0.273 e. The van der Waals surface area contributed by atoms with Crippen molar-refractivity contribution >= 4 is 11.6 Å². The van der Waals surface area contributed by atoms with E-state index in [1.165, 1.54) is 7.11 Å². The van der Waals surface area contributed by atoms with E-state index in [9.17, 15) is 4.79 Å². The van der Waals surface area contributed by atoms with Crippen LogP contribution >= 0.6 is 0 Å². The van der Waals surface area contributed by atoms with Crippen LogP contribution < -0.4 is 11.1 Å². The molecular formula is C16H18N4O2. The van der Waals surface area contributed by atoms with Gasteiger partial charge in [-0.2, -0.15) is 0 Å². The largest absolute Gasteiger partial charge is 0.398 e. The van der Waals surface area contributed by atoms with Crippen LogP contribution in [0.1, 0.15) is 11.1 Å². The zero-order valence-electron chi connectivity index (χ0n) is 12.5. The molecule has 2 aromatic rings. The van der Waals surface area contributed by atoms with Crippen molar-refractivity contribution in [3.8, 4) is 11.3 Å². The number of carbonyl (C=O) groups is 1. The van der Waals surface area contributed by atoms with E-state index in [2.05, 4.69) is 15.5 Å². The Bertz CT molecular complexity index is 681. The molecule has 0 radical (unpaired) electrons. The van der Waals surface area contributed by atoms with Crippen LogP contribution in [0, 0.1) is 0 Å². The third-order valence-corrected chi connectivity index (χ3v) is 3.15. The van der Waals surface area contributed by atoms with Gasteiger partial charge in [0.05, 0.1) is 5.69 Å². The third kappa shape index (κ3) is 3.29. The van der Waals surface area contributed by atoms with Gasteiger partial charge >= 0.3 is 0 Å². The molecule has 0 unspecified atom stereocenters. The molecule has 0 fully saturated rings. The highest BCUT2D eigenvalue weighted by Crippen LogP contribution is 2.22. The van der Waals surface area contributed by atoms with E-state index in [0.717, 1.165) is 11.1 Å². The van der Waals surface area contributed by atoms with E-state index < -0.39 is 0 Å². The Morgan fingerprint density at radius 3 is 2.64 bits per heavy atom. The Labute approximate surface area is 129 Å². The topological polar surface area (TPSA) is 89.6 Å². The van der Waals surface area contributed by atoms with Crippen LogP contribution in [0.2, 0.25) is 0 Å². The van der Waals surface area contributed by atoms with E-state index in [1.807, 2.05) is 24.3 Å². The number of oxime groups is 1. The number of hydrogen-bond donors (Lipinski definition) is 2. The van der Waals surface area contributed by atoms with Gasteiger partial charge in [0.1, 0.15) is 7.11 Å². The average Bonchev–Trinajstić information content (AvgIpc) is 2.59. The molecule has 0 aliphatic rings. The fraction of sp³-hybridized carbons (Fsp3) is 0.188. The molecular weight excluding hydrogens is 280 g/mol. The zero-order chi connectivity index (χ0) is 15.9. The lowest BCUT2D eigenvalue weighted by Crippen LogP contribution is -2.29. The monoisotopic (exact) mass is 298 g/mol. The van der Waals surface area contributed by atoms with Crippen LogP contribution in [0.25, 0.3) is 11.3 Å². The molecule has 1 heterocycles. The number of benzene rings is 1. The van der Waals surface area contributed by atoms with Gasteiger partial charge < -0.3 is 15.9 Å². The van der Waals surface area contributed by atoms with Crippen molar-refractivity contribution in [3.05, 3.63) is 53.7 Å². The van der Waals surface area contributed by atoms with Gasteiger partial charge in [-0.1, -0.05) is 29.4 Å². The molecule has 6 heteroatoms. The Morgan fingerprint density at radius 2 is 2.05 bits per heavy atom. The molecule has 0 spiro atoms. The van der Waals surface area contributed by atoms with Crippen molar-refractivity contribution in [1.82, 2.24) is 10.3 Å². The minimum absolute atomic E-state index is 0.177. The maximum absolute atomic E-state index is 12.0. The number of pyridine rings is 1. The highest BCUT2D eigenvalue weighted by molar-refractivity contribution is 6.46. The summed E-state index contributed by atoms with van der Waals surface area (Å²) in [6.45, 7) is 0.476. The Kier molecular flexibility index (Phi) is 5.21. The number of nitrogens with one attached hydrogen (secondary N) is 1. The number of aromatic nitrogens is 1. The van der Waals surface area contributed by atoms with E-state index in [0.29, 0.717) is 17.8 Å². The predicted molar refractivity (Wildman–Crippen MR) is 85.2 cm³/mol. The summed E-state index contributed by atoms with van der Waals surface area (Å²) < 4.78 is 0. The minimum Gasteiger partial charge on any atom is -0.398 e. The zero-order valence-corrected chi connectivity index (χ0v) is 12.5. The smallest absolute Gasteiger partial charge is 0.273 e. The van der Waals surface area contributed by atoms with Crippen LogP contribution in [0.4, 0.5) is 0 Å². The lowest BCUT2D eigenvalue weighted by atomic mass is 10.0. The average molecular weight is 298 g/mol. The van der Waals surface area contributed by atoms with Crippen LogP contribution in [-0.2, 0) is 16.2 Å². The fourth-order valence-electron chi connectivity index (χ4n) is 2.05. The number of carbonyl (C=O) groups excluding carboxylic acids is 1. The quantitative estimate of drug-likeness (QED) is 0.643. The number of rotatable bonds is 5.